The average Bonchev–Trinajstić information content (AvgIpc) is 2.30. The number of nitrogens with one attached hydrogen (secondary N) is 1. The summed E-state index contributed by atoms with van der Waals surface area (Å²) in [6.45, 7) is 15.4. The zero-order valence-electron chi connectivity index (χ0n) is 12.5. The first kappa shape index (κ1) is 15.0. The van der Waals surface area contributed by atoms with Crippen molar-refractivity contribution in [2.45, 2.75) is 66.0 Å². The van der Waals surface area contributed by atoms with Crippen LogP contribution in [-0.2, 0) is 0 Å². The molecule has 1 rings (SSSR count). The minimum absolute atomic E-state index is 0.724. The molecule has 4 unspecified atom stereocenters. The third kappa shape index (κ3) is 4.26. The number of hydrogen-bond acceptors (Lipinski definition) is 2. The fourth-order valence-electron chi connectivity index (χ4n) is 3.18. The topological polar surface area (TPSA) is 15.3 Å². The molecule has 0 amide bonds. The molecule has 0 bridgehead atoms. The van der Waals surface area contributed by atoms with Crippen LogP contribution in [0, 0.1) is 11.8 Å². The average molecular weight is 240 g/mol. The zero-order valence-corrected chi connectivity index (χ0v) is 12.5. The summed E-state index contributed by atoms with van der Waals surface area (Å²) in [6.07, 6.45) is 3.90. The highest BCUT2D eigenvalue weighted by Crippen LogP contribution is 2.28. The van der Waals surface area contributed by atoms with E-state index in [-0.39, 0.29) is 0 Å². The van der Waals surface area contributed by atoms with E-state index in [0.29, 0.717) is 0 Å². The molecular formula is C15H32N2. The van der Waals surface area contributed by atoms with E-state index < -0.39 is 0 Å². The van der Waals surface area contributed by atoms with Gasteiger partial charge in [-0.1, -0.05) is 27.7 Å². The number of likely N-dealkylation sites (tertiary alicyclic amines) is 1. The van der Waals surface area contributed by atoms with Crippen LogP contribution in [0.3, 0.4) is 0 Å². The molecule has 1 aliphatic heterocycles. The Labute approximate surface area is 108 Å². The molecule has 0 aromatic rings. The Morgan fingerprint density at radius 1 is 1.24 bits per heavy atom. The molecular weight excluding hydrogens is 208 g/mol. The van der Waals surface area contributed by atoms with Crippen molar-refractivity contribution in [2.75, 3.05) is 19.6 Å². The van der Waals surface area contributed by atoms with Crippen LogP contribution < -0.4 is 5.32 Å². The van der Waals surface area contributed by atoms with Gasteiger partial charge in [-0.3, -0.25) is 4.90 Å². The Balaban J connectivity index is 2.53. The van der Waals surface area contributed by atoms with Crippen molar-refractivity contribution >= 4 is 0 Å². The van der Waals surface area contributed by atoms with E-state index in [1.165, 1.54) is 25.8 Å². The molecule has 2 nitrogen and oxygen atoms in total. The van der Waals surface area contributed by atoms with Crippen molar-refractivity contribution in [1.29, 1.82) is 0 Å². The molecule has 1 heterocycles. The molecule has 2 heteroatoms. The van der Waals surface area contributed by atoms with Crippen LogP contribution >= 0.6 is 0 Å². The Hall–Kier alpha value is -0.0800. The van der Waals surface area contributed by atoms with Crippen LogP contribution in [0.25, 0.3) is 0 Å². The molecule has 0 saturated carbocycles. The summed E-state index contributed by atoms with van der Waals surface area (Å²) in [5.74, 6) is 1.71. The van der Waals surface area contributed by atoms with E-state index in [1.807, 2.05) is 0 Å². The third-order valence-corrected chi connectivity index (χ3v) is 4.39. The molecule has 0 aromatic carbocycles. The lowest BCUT2D eigenvalue weighted by Gasteiger charge is -2.45. The highest BCUT2D eigenvalue weighted by atomic mass is 15.2. The second-order valence-corrected chi connectivity index (χ2v) is 6.02. The monoisotopic (exact) mass is 240 g/mol. The molecule has 17 heavy (non-hydrogen) atoms. The Morgan fingerprint density at radius 3 is 2.53 bits per heavy atom. The summed E-state index contributed by atoms with van der Waals surface area (Å²) in [5, 5.41) is 3.59. The van der Waals surface area contributed by atoms with Crippen molar-refractivity contribution < 1.29 is 0 Å². The molecule has 0 aliphatic carbocycles. The van der Waals surface area contributed by atoms with Crippen molar-refractivity contribution in [3.63, 3.8) is 0 Å². The Morgan fingerprint density at radius 2 is 1.94 bits per heavy atom. The molecule has 1 fully saturated rings. The van der Waals surface area contributed by atoms with E-state index in [4.69, 9.17) is 0 Å². The first-order chi connectivity index (χ1) is 8.10. The van der Waals surface area contributed by atoms with Gasteiger partial charge in [-0.25, -0.2) is 0 Å². The van der Waals surface area contributed by atoms with Crippen LogP contribution in [0.15, 0.2) is 0 Å². The fraction of sp³-hybridized carbons (Fsp3) is 1.00. The summed E-state index contributed by atoms with van der Waals surface area (Å²) in [5.41, 5.74) is 0. The van der Waals surface area contributed by atoms with Gasteiger partial charge < -0.3 is 5.32 Å². The van der Waals surface area contributed by atoms with Gasteiger partial charge in [-0.05, 0) is 44.6 Å². The second-order valence-electron chi connectivity index (χ2n) is 6.02. The lowest BCUT2D eigenvalue weighted by molar-refractivity contribution is 0.0386. The molecule has 0 radical (unpaired) electrons. The Bertz CT molecular complexity index is 205. The summed E-state index contributed by atoms with van der Waals surface area (Å²) in [7, 11) is 0. The van der Waals surface area contributed by atoms with E-state index in [1.54, 1.807) is 0 Å². The quantitative estimate of drug-likeness (QED) is 0.718. The molecule has 0 aromatic heterocycles. The lowest BCUT2D eigenvalue weighted by Crippen LogP contribution is -2.53. The van der Waals surface area contributed by atoms with E-state index >= 15 is 0 Å². The smallest absolute Gasteiger partial charge is 0.0221 e. The molecule has 4 atom stereocenters. The number of hydrogen-bond donors (Lipinski definition) is 1. The van der Waals surface area contributed by atoms with Gasteiger partial charge in [0.25, 0.3) is 0 Å². The maximum atomic E-state index is 3.59. The minimum atomic E-state index is 0.724. The highest BCUT2D eigenvalue weighted by molar-refractivity contribution is 4.86. The van der Waals surface area contributed by atoms with Gasteiger partial charge in [0.15, 0.2) is 0 Å². The normalized spacial score (nSPS) is 32.6. The predicted molar refractivity (Wildman–Crippen MR) is 76.4 cm³/mol. The van der Waals surface area contributed by atoms with E-state index in [2.05, 4.69) is 44.8 Å². The van der Waals surface area contributed by atoms with Crippen LogP contribution in [0.4, 0.5) is 0 Å². The Kier molecular flexibility index (Phi) is 6.50. The van der Waals surface area contributed by atoms with Gasteiger partial charge in [-0.2, -0.15) is 0 Å². The first-order valence-electron chi connectivity index (χ1n) is 7.56. The summed E-state index contributed by atoms with van der Waals surface area (Å²) >= 11 is 0. The van der Waals surface area contributed by atoms with Crippen LogP contribution in [0.5, 0.6) is 0 Å². The van der Waals surface area contributed by atoms with Gasteiger partial charge in [0.2, 0.25) is 0 Å². The molecule has 1 N–H and O–H groups in total. The lowest BCUT2D eigenvalue weighted by atomic mass is 9.84. The van der Waals surface area contributed by atoms with Crippen molar-refractivity contribution in [3.8, 4) is 0 Å². The second kappa shape index (κ2) is 7.38. The summed E-state index contributed by atoms with van der Waals surface area (Å²) < 4.78 is 0. The van der Waals surface area contributed by atoms with Gasteiger partial charge in [0.1, 0.15) is 0 Å². The standard InChI is InChI=1S/C15H32N2/c1-6-8-16-10-15(7-2)17-11-12(3)9-13(4)14(17)5/h12-16H,6-11H2,1-5H3. The van der Waals surface area contributed by atoms with Crippen LogP contribution in [0.1, 0.15) is 53.9 Å². The summed E-state index contributed by atoms with van der Waals surface area (Å²) in [4.78, 5) is 2.75. The predicted octanol–water partition coefficient (Wildman–Crippen LogP) is 3.13. The maximum Gasteiger partial charge on any atom is 0.0221 e. The van der Waals surface area contributed by atoms with Gasteiger partial charge in [0.05, 0.1) is 0 Å². The van der Waals surface area contributed by atoms with Gasteiger partial charge in [0, 0.05) is 25.2 Å². The largest absolute Gasteiger partial charge is 0.315 e. The molecule has 0 spiro atoms. The third-order valence-electron chi connectivity index (χ3n) is 4.39. The number of nitrogens with zero attached hydrogens (tertiary/aromatic N) is 1. The van der Waals surface area contributed by atoms with Crippen molar-refractivity contribution in [3.05, 3.63) is 0 Å². The van der Waals surface area contributed by atoms with Crippen LogP contribution in [0.2, 0.25) is 0 Å². The van der Waals surface area contributed by atoms with Gasteiger partial charge in [-0.15, -0.1) is 0 Å². The maximum absolute atomic E-state index is 3.59. The van der Waals surface area contributed by atoms with Crippen LogP contribution in [-0.4, -0.2) is 36.6 Å². The van der Waals surface area contributed by atoms with Gasteiger partial charge >= 0.3 is 0 Å². The highest BCUT2D eigenvalue weighted by Gasteiger charge is 2.32. The first-order valence-corrected chi connectivity index (χ1v) is 7.56. The van der Waals surface area contributed by atoms with E-state index in [9.17, 15) is 0 Å². The number of rotatable bonds is 6. The van der Waals surface area contributed by atoms with Crippen molar-refractivity contribution in [2.24, 2.45) is 11.8 Å². The summed E-state index contributed by atoms with van der Waals surface area (Å²) in [6, 6.07) is 1.47. The SMILES string of the molecule is CCCNCC(CC)N1CC(C)CC(C)C1C. The zero-order chi connectivity index (χ0) is 12.8. The van der Waals surface area contributed by atoms with Crippen molar-refractivity contribution in [1.82, 2.24) is 10.2 Å². The minimum Gasteiger partial charge on any atom is -0.315 e. The number of piperidine rings is 1. The fourth-order valence-corrected chi connectivity index (χ4v) is 3.18. The molecule has 102 valence electrons. The molecule has 1 saturated heterocycles. The van der Waals surface area contributed by atoms with E-state index in [0.717, 1.165) is 37.0 Å². The molecule has 1 aliphatic rings.